The first-order chi connectivity index (χ1) is 10.5. The summed E-state index contributed by atoms with van der Waals surface area (Å²) in [4.78, 5) is 19.2. The second-order valence-corrected chi connectivity index (χ2v) is 6.34. The van der Waals surface area contributed by atoms with Gasteiger partial charge < -0.3 is 15.2 Å². The lowest BCUT2D eigenvalue weighted by molar-refractivity contribution is 0.0716. The number of aromatic nitrogens is 2. The van der Waals surface area contributed by atoms with Crippen molar-refractivity contribution in [1.82, 2.24) is 15.0 Å². The summed E-state index contributed by atoms with van der Waals surface area (Å²) in [6.45, 7) is 7.33. The molecule has 3 heterocycles. The summed E-state index contributed by atoms with van der Waals surface area (Å²) in [5.74, 6) is 0.194. The maximum atomic E-state index is 12.9. The highest BCUT2D eigenvalue weighted by Crippen LogP contribution is 2.28. The van der Waals surface area contributed by atoms with Crippen LogP contribution in [0.25, 0.3) is 11.1 Å². The Hall–Kier alpha value is -1.95. The maximum absolute atomic E-state index is 12.9. The van der Waals surface area contributed by atoms with E-state index in [1.165, 1.54) is 0 Å². The van der Waals surface area contributed by atoms with Gasteiger partial charge in [0.15, 0.2) is 0 Å². The van der Waals surface area contributed by atoms with Gasteiger partial charge in [-0.1, -0.05) is 19.0 Å². The van der Waals surface area contributed by atoms with E-state index in [1.54, 1.807) is 0 Å². The number of nitrogens with two attached hydrogens (primary N) is 1. The lowest BCUT2D eigenvalue weighted by Crippen LogP contribution is -2.43. The van der Waals surface area contributed by atoms with Crippen molar-refractivity contribution in [2.75, 3.05) is 13.1 Å². The number of fused-ring (bicyclic) bond motifs is 1. The van der Waals surface area contributed by atoms with Crippen molar-refractivity contribution >= 4 is 17.0 Å². The molecular formula is C16H22N4O2. The lowest BCUT2D eigenvalue weighted by atomic mass is 10.0. The van der Waals surface area contributed by atoms with Gasteiger partial charge in [-0.25, -0.2) is 4.98 Å². The first-order valence-electron chi connectivity index (χ1n) is 7.79. The van der Waals surface area contributed by atoms with E-state index in [9.17, 15) is 4.79 Å². The van der Waals surface area contributed by atoms with Crippen molar-refractivity contribution in [1.29, 1.82) is 0 Å². The van der Waals surface area contributed by atoms with Crippen LogP contribution in [0.3, 0.4) is 0 Å². The Morgan fingerprint density at radius 3 is 2.73 bits per heavy atom. The van der Waals surface area contributed by atoms with Crippen LogP contribution in [0.2, 0.25) is 0 Å². The summed E-state index contributed by atoms with van der Waals surface area (Å²) >= 11 is 0. The summed E-state index contributed by atoms with van der Waals surface area (Å²) in [5.41, 5.74) is 8.56. The van der Waals surface area contributed by atoms with Crippen molar-refractivity contribution in [3.8, 4) is 0 Å². The van der Waals surface area contributed by atoms with E-state index >= 15 is 0 Å². The van der Waals surface area contributed by atoms with Gasteiger partial charge in [-0.05, 0) is 31.7 Å². The highest BCUT2D eigenvalue weighted by Gasteiger charge is 2.26. The SMILES string of the molecule is Cc1cc(C(=O)N2CCC(N)CC2)c2c(C(C)C)noc2n1. The molecule has 22 heavy (non-hydrogen) atoms. The van der Waals surface area contributed by atoms with Gasteiger partial charge in [0.05, 0.1) is 16.6 Å². The molecule has 1 aliphatic rings. The number of pyridine rings is 1. The molecule has 6 nitrogen and oxygen atoms in total. The fourth-order valence-corrected chi connectivity index (χ4v) is 2.93. The smallest absolute Gasteiger partial charge is 0.259 e. The molecule has 1 amide bonds. The predicted octanol–water partition coefficient (Wildman–Crippen LogP) is 2.22. The Labute approximate surface area is 129 Å². The van der Waals surface area contributed by atoms with Gasteiger partial charge in [0.2, 0.25) is 0 Å². The molecule has 0 atom stereocenters. The van der Waals surface area contributed by atoms with Gasteiger partial charge >= 0.3 is 0 Å². The molecule has 1 saturated heterocycles. The van der Waals surface area contributed by atoms with Crippen LogP contribution in [-0.2, 0) is 0 Å². The minimum absolute atomic E-state index is 0.0208. The van der Waals surface area contributed by atoms with Crippen molar-refractivity contribution in [3.05, 3.63) is 23.0 Å². The van der Waals surface area contributed by atoms with Crippen molar-refractivity contribution < 1.29 is 9.32 Å². The molecule has 2 aromatic heterocycles. The number of hydrogen-bond donors (Lipinski definition) is 1. The fraction of sp³-hybridized carbons (Fsp3) is 0.562. The van der Waals surface area contributed by atoms with Crippen molar-refractivity contribution in [2.45, 2.75) is 45.6 Å². The molecule has 3 rings (SSSR count). The molecule has 0 spiro atoms. The molecule has 0 saturated carbocycles. The Bertz CT molecular complexity index is 699. The molecule has 1 fully saturated rings. The molecule has 1 aliphatic heterocycles. The molecule has 0 aliphatic carbocycles. The van der Waals surface area contributed by atoms with Crippen LogP contribution in [0, 0.1) is 6.92 Å². The molecule has 0 radical (unpaired) electrons. The standard InChI is InChI=1S/C16H22N4O2/c1-9(2)14-13-12(8-10(3)18-15(13)22-19-14)16(21)20-6-4-11(17)5-7-20/h8-9,11H,4-7,17H2,1-3H3. The topological polar surface area (TPSA) is 85.2 Å². The average molecular weight is 302 g/mol. The molecule has 2 aromatic rings. The third kappa shape index (κ3) is 2.59. The number of amides is 1. The van der Waals surface area contributed by atoms with E-state index in [2.05, 4.69) is 10.1 Å². The minimum Gasteiger partial charge on any atom is -0.339 e. The summed E-state index contributed by atoms with van der Waals surface area (Å²) in [5, 5.41) is 4.86. The van der Waals surface area contributed by atoms with Crippen molar-refractivity contribution in [2.24, 2.45) is 5.73 Å². The first-order valence-corrected chi connectivity index (χ1v) is 7.79. The van der Waals surface area contributed by atoms with E-state index < -0.39 is 0 Å². The quantitative estimate of drug-likeness (QED) is 0.919. The number of carbonyl (C=O) groups excluding carboxylic acids is 1. The van der Waals surface area contributed by atoms with E-state index in [0.29, 0.717) is 24.4 Å². The molecular weight excluding hydrogens is 280 g/mol. The van der Waals surface area contributed by atoms with E-state index in [-0.39, 0.29) is 17.9 Å². The highest BCUT2D eigenvalue weighted by molar-refractivity contribution is 6.06. The van der Waals surface area contributed by atoms with Crippen LogP contribution >= 0.6 is 0 Å². The largest absolute Gasteiger partial charge is 0.339 e. The zero-order valence-electron chi connectivity index (χ0n) is 13.3. The Kier molecular flexibility index (Phi) is 3.87. The van der Waals surface area contributed by atoms with E-state index in [1.807, 2.05) is 31.7 Å². The second kappa shape index (κ2) is 5.68. The molecule has 118 valence electrons. The molecule has 0 unspecified atom stereocenters. The Morgan fingerprint density at radius 2 is 2.09 bits per heavy atom. The summed E-state index contributed by atoms with van der Waals surface area (Å²) in [6.07, 6.45) is 1.69. The second-order valence-electron chi connectivity index (χ2n) is 6.34. The molecule has 0 bridgehead atoms. The minimum atomic E-state index is 0.0208. The van der Waals surface area contributed by atoms with E-state index in [4.69, 9.17) is 10.3 Å². The van der Waals surface area contributed by atoms with E-state index in [0.717, 1.165) is 29.6 Å². The number of nitrogens with zero attached hydrogens (tertiary/aromatic N) is 3. The van der Waals surface area contributed by atoms with Crippen LogP contribution in [0.15, 0.2) is 10.6 Å². The van der Waals surface area contributed by atoms with Gasteiger partial charge in [-0.2, -0.15) is 0 Å². The van der Waals surface area contributed by atoms with Gasteiger partial charge in [-0.3, -0.25) is 4.79 Å². The van der Waals surface area contributed by atoms with Crippen LogP contribution in [0.4, 0.5) is 0 Å². The van der Waals surface area contributed by atoms with Crippen LogP contribution in [0.5, 0.6) is 0 Å². The predicted molar refractivity (Wildman–Crippen MR) is 83.7 cm³/mol. The Morgan fingerprint density at radius 1 is 1.41 bits per heavy atom. The van der Waals surface area contributed by atoms with Gasteiger partial charge in [-0.15, -0.1) is 0 Å². The number of likely N-dealkylation sites (tertiary alicyclic amines) is 1. The molecule has 6 heteroatoms. The molecule has 2 N–H and O–H groups in total. The normalized spacial score (nSPS) is 16.7. The highest BCUT2D eigenvalue weighted by atomic mass is 16.5. The Balaban J connectivity index is 2.05. The number of piperidine rings is 1. The van der Waals surface area contributed by atoms with Crippen LogP contribution < -0.4 is 5.73 Å². The lowest BCUT2D eigenvalue weighted by Gasteiger charge is -2.30. The first kappa shape index (κ1) is 15.0. The average Bonchev–Trinajstić information content (AvgIpc) is 2.90. The van der Waals surface area contributed by atoms with Crippen LogP contribution in [-0.4, -0.2) is 40.1 Å². The maximum Gasteiger partial charge on any atom is 0.259 e. The number of hydrogen-bond acceptors (Lipinski definition) is 5. The van der Waals surface area contributed by atoms with Gasteiger partial charge in [0.25, 0.3) is 11.6 Å². The monoisotopic (exact) mass is 302 g/mol. The zero-order chi connectivity index (χ0) is 15.9. The summed E-state index contributed by atoms with van der Waals surface area (Å²) in [7, 11) is 0. The number of aryl methyl sites for hydroxylation is 1. The summed E-state index contributed by atoms with van der Waals surface area (Å²) < 4.78 is 5.33. The summed E-state index contributed by atoms with van der Waals surface area (Å²) in [6, 6.07) is 2.03. The van der Waals surface area contributed by atoms with Gasteiger partial charge in [0, 0.05) is 24.8 Å². The third-order valence-electron chi connectivity index (χ3n) is 4.21. The van der Waals surface area contributed by atoms with Crippen molar-refractivity contribution in [3.63, 3.8) is 0 Å². The van der Waals surface area contributed by atoms with Crippen LogP contribution in [0.1, 0.15) is 54.4 Å². The number of rotatable bonds is 2. The molecule has 0 aromatic carbocycles. The van der Waals surface area contributed by atoms with Gasteiger partial charge in [0.1, 0.15) is 0 Å². The number of carbonyl (C=O) groups is 1. The fourth-order valence-electron chi connectivity index (χ4n) is 2.93. The third-order valence-corrected chi connectivity index (χ3v) is 4.21. The zero-order valence-corrected chi connectivity index (χ0v) is 13.3.